The number of amides is 1. The second-order valence-electron chi connectivity index (χ2n) is 2.70. The molecule has 1 amide bonds. The summed E-state index contributed by atoms with van der Waals surface area (Å²) in [4.78, 5) is 10.8. The van der Waals surface area contributed by atoms with Gasteiger partial charge >= 0.3 is 6.18 Å². The molecule has 0 saturated carbocycles. The molecule has 4 nitrogen and oxygen atoms in total. The summed E-state index contributed by atoms with van der Waals surface area (Å²) in [7, 11) is 0. The Labute approximate surface area is 88.0 Å². The van der Waals surface area contributed by atoms with Gasteiger partial charge in [-0.25, -0.2) is 0 Å². The summed E-state index contributed by atoms with van der Waals surface area (Å²) in [5, 5.41) is 5.72. The predicted octanol–water partition coefficient (Wildman–Crippen LogP) is 1.62. The van der Waals surface area contributed by atoms with Gasteiger partial charge in [-0.2, -0.15) is 18.3 Å². The zero-order valence-corrected chi connectivity index (χ0v) is 8.14. The minimum absolute atomic E-state index is 0.0462. The molecule has 1 aromatic heterocycles. The van der Waals surface area contributed by atoms with Crippen LogP contribution in [0, 0.1) is 0 Å². The summed E-state index contributed by atoms with van der Waals surface area (Å²) < 4.78 is 36.4. The van der Waals surface area contributed by atoms with Crippen molar-refractivity contribution in [1.29, 1.82) is 0 Å². The number of rotatable bonds is 3. The molecule has 0 unspecified atom stereocenters. The second-order valence-corrected chi connectivity index (χ2v) is 2.96. The van der Waals surface area contributed by atoms with Gasteiger partial charge in [0.2, 0.25) is 5.91 Å². The number of halogens is 4. The molecule has 0 spiro atoms. The lowest BCUT2D eigenvalue weighted by Gasteiger charge is -2.05. The largest absolute Gasteiger partial charge is 0.408 e. The number of carbonyl (C=O) groups is 1. The van der Waals surface area contributed by atoms with E-state index in [9.17, 15) is 18.0 Å². The lowest BCUT2D eigenvalue weighted by atomic mass is 10.6. The van der Waals surface area contributed by atoms with Crippen molar-refractivity contribution >= 4 is 23.3 Å². The van der Waals surface area contributed by atoms with Gasteiger partial charge in [-0.15, -0.1) is 11.6 Å². The molecule has 0 aromatic carbocycles. The summed E-state index contributed by atoms with van der Waals surface area (Å²) >= 11 is 5.19. The quantitative estimate of drug-likeness (QED) is 0.818. The number of hydrogen-bond acceptors (Lipinski definition) is 2. The zero-order valence-electron chi connectivity index (χ0n) is 7.38. The number of aromatic nitrogens is 2. The highest BCUT2D eigenvalue weighted by Gasteiger charge is 2.28. The minimum Gasteiger partial charge on any atom is -0.308 e. The van der Waals surface area contributed by atoms with Crippen molar-refractivity contribution in [3.05, 3.63) is 12.3 Å². The molecule has 0 atom stereocenters. The van der Waals surface area contributed by atoms with Gasteiger partial charge in [-0.3, -0.25) is 9.48 Å². The number of nitrogens with zero attached hydrogens (tertiary/aromatic N) is 2. The molecule has 0 bridgehead atoms. The van der Waals surface area contributed by atoms with Gasteiger partial charge in [0.05, 0.1) is 0 Å². The summed E-state index contributed by atoms with van der Waals surface area (Å²) in [5.74, 6) is -0.745. The first-order valence-corrected chi connectivity index (χ1v) is 4.40. The Hall–Kier alpha value is -1.24. The van der Waals surface area contributed by atoms with E-state index in [0.29, 0.717) is 4.68 Å². The maximum atomic E-state index is 11.9. The maximum absolute atomic E-state index is 11.9. The second kappa shape index (κ2) is 4.52. The Morgan fingerprint density at radius 1 is 1.60 bits per heavy atom. The molecule has 0 aliphatic carbocycles. The van der Waals surface area contributed by atoms with Crippen molar-refractivity contribution in [1.82, 2.24) is 9.78 Å². The van der Waals surface area contributed by atoms with Crippen LogP contribution in [0.25, 0.3) is 0 Å². The molecule has 0 aliphatic heterocycles. The Bertz CT molecular complexity index is 349. The Kier molecular flexibility index (Phi) is 3.57. The van der Waals surface area contributed by atoms with Crippen LogP contribution in [0.4, 0.5) is 19.0 Å². The van der Waals surface area contributed by atoms with E-state index < -0.39 is 18.6 Å². The number of nitrogens with one attached hydrogen (secondary N) is 1. The molecule has 15 heavy (non-hydrogen) atoms. The molecule has 0 aliphatic rings. The molecule has 1 heterocycles. The van der Waals surface area contributed by atoms with Gasteiger partial charge < -0.3 is 5.32 Å². The lowest BCUT2D eigenvalue weighted by Crippen LogP contribution is -2.18. The summed E-state index contributed by atoms with van der Waals surface area (Å²) in [6.07, 6.45) is -3.21. The van der Waals surface area contributed by atoms with Crippen LogP contribution < -0.4 is 5.32 Å². The highest BCUT2D eigenvalue weighted by atomic mass is 35.5. The van der Waals surface area contributed by atoms with E-state index in [0.717, 1.165) is 6.20 Å². The number of anilines is 1. The third-order valence-corrected chi connectivity index (χ3v) is 1.61. The molecular formula is C7H7ClF3N3O. The van der Waals surface area contributed by atoms with Crippen LogP contribution in [0.3, 0.4) is 0 Å². The summed E-state index contributed by atoms with van der Waals surface area (Å²) in [6, 6.07) is 1.26. The van der Waals surface area contributed by atoms with Gasteiger partial charge in [0.25, 0.3) is 0 Å². The fraction of sp³-hybridized carbons (Fsp3) is 0.429. The Morgan fingerprint density at radius 2 is 2.27 bits per heavy atom. The minimum atomic E-state index is -4.33. The first-order valence-electron chi connectivity index (χ1n) is 3.87. The van der Waals surface area contributed by atoms with Crippen molar-refractivity contribution in [2.24, 2.45) is 0 Å². The van der Waals surface area contributed by atoms with E-state index in [1.807, 2.05) is 0 Å². The van der Waals surface area contributed by atoms with Crippen LogP contribution >= 0.6 is 11.6 Å². The smallest absolute Gasteiger partial charge is 0.308 e. The maximum Gasteiger partial charge on any atom is 0.408 e. The third-order valence-electron chi connectivity index (χ3n) is 1.37. The molecule has 84 valence electrons. The predicted molar refractivity (Wildman–Crippen MR) is 47.6 cm³/mol. The first-order chi connectivity index (χ1) is 6.90. The molecular weight excluding hydrogens is 235 g/mol. The number of carbonyl (C=O) groups excluding carboxylic acids is 1. The lowest BCUT2D eigenvalue weighted by molar-refractivity contribution is -0.142. The van der Waals surface area contributed by atoms with Crippen molar-refractivity contribution in [2.75, 3.05) is 11.2 Å². The summed E-state index contributed by atoms with van der Waals surface area (Å²) in [5.41, 5.74) is 0. The van der Waals surface area contributed by atoms with Crippen LogP contribution in [0.1, 0.15) is 0 Å². The molecule has 0 radical (unpaired) electrons. The molecule has 1 aromatic rings. The van der Waals surface area contributed by atoms with E-state index in [1.165, 1.54) is 6.07 Å². The van der Waals surface area contributed by atoms with E-state index in [4.69, 9.17) is 11.6 Å². The molecule has 1 N–H and O–H groups in total. The van der Waals surface area contributed by atoms with Crippen molar-refractivity contribution in [3.8, 4) is 0 Å². The van der Waals surface area contributed by atoms with Crippen LogP contribution in [-0.2, 0) is 11.3 Å². The normalized spacial score (nSPS) is 11.5. The third kappa shape index (κ3) is 4.20. The van der Waals surface area contributed by atoms with Gasteiger partial charge in [0.1, 0.15) is 12.4 Å². The van der Waals surface area contributed by atoms with E-state index in [-0.39, 0.29) is 11.7 Å². The molecule has 0 saturated heterocycles. The van der Waals surface area contributed by atoms with E-state index >= 15 is 0 Å². The monoisotopic (exact) mass is 241 g/mol. The standard InChI is InChI=1S/C7H7ClF3N3O/c8-3-6(15)12-5-1-2-14(13-5)4-7(9,10)11/h1-2H,3-4H2,(H,12,13,15). The van der Waals surface area contributed by atoms with Crippen LogP contribution in [0.2, 0.25) is 0 Å². The van der Waals surface area contributed by atoms with Crippen molar-refractivity contribution < 1.29 is 18.0 Å². The molecule has 8 heteroatoms. The molecule has 1 rings (SSSR count). The van der Waals surface area contributed by atoms with Gasteiger partial charge in [-0.1, -0.05) is 0 Å². The highest BCUT2D eigenvalue weighted by molar-refractivity contribution is 6.28. The summed E-state index contributed by atoms with van der Waals surface area (Å²) in [6.45, 7) is -1.19. The number of alkyl halides is 4. The highest BCUT2D eigenvalue weighted by Crippen LogP contribution is 2.17. The van der Waals surface area contributed by atoms with E-state index in [2.05, 4.69) is 10.4 Å². The van der Waals surface area contributed by atoms with Gasteiger partial charge in [0, 0.05) is 12.3 Å². The van der Waals surface area contributed by atoms with Crippen LogP contribution in [0.15, 0.2) is 12.3 Å². The van der Waals surface area contributed by atoms with Crippen molar-refractivity contribution in [2.45, 2.75) is 12.7 Å². The van der Waals surface area contributed by atoms with Crippen LogP contribution in [-0.4, -0.2) is 27.7 Å². The average Bonchev–Trinajstić information content (AvgIpc) is 2.49. The van der Waals surface area contributed by atoms with E-state index in [1.54, 1.807) is 0 Å². The fourth-order valence-electron chi connectivity index (χ4n) is 0.876. The SMILES string of the molecule is O=C(CCl)Nc1ccn(CC(F)(F)F)n1. The van der Waals surface area contributed by atoms with Crippen molar-refractivity contribution in [3.63, 3.8) is 0 Å². The number of hydrogen-bond donors (Lipinski definition) is 1. The first kappa shape index (κ1) is 11.8. The Morgan fingerprint density at radius 3 is 2.80 bits per heavy atom. The fourth-order valence-corrected chi connectivity index (χ4v) is 0.943. The van der Waals surface area contributed by atoms with Gasteiger partial charge in [-0.05, 0) is 0 Å². The topological polar surface area (TPSA) is 46.9 Å². The van der Waals surface area contributed by atoms with Gasteiger partial charge in [0.15, 0.2) is 5.82 Å². The van der Waals surface area contributed by atoms with Crippen LogP contribution in [0.5, 0.6) is 0 Å². The average molecular weight is 242 g/mol. The zero-order chi connectivity index (χ0) is 11.5. The Balaban J connectivity index is 2.60. The molecule has 0 fully saturated rings.